The van der Waals surface area contributed by atoms with E-state index in [1.54, 1.807) is 11.3 Å². The smallest absolute Gasteiger partial charge is 0.104 e. The van der Waals surface area contributed by atoms with E-state index in [4.69, 9.17) is 17.3 Å². The van der Waals surface area contributed by atoms with Crippen LogP contribution in [0, 0.1) is 6.92 Å². The number of rotatable bonds is 4. The average Bonchev–Trinajstić information content (AvgIpc) is 2.94. The zero-order valence-corrected chi connectivity index (χ0v) is 15.2. The summed E-state index contributed by atoms with van der Waals surface area (Å²) >= 11 is 12.4. The lowest BCUT2D eigenvalue weighted by Crippen LogP contribution is -2.02. The molecule has 2 nitrogen and oxygen atoms in total. The molecule has 2 aromatic carbocycles. The number of benzene rings is 2. The highest BCUT2D eigenvalue weighted by Gasteiger charge is 2.15. The van der Waals surface area contributed by atoms with Crippen LogP contribution < -0.4 is 5.73 Å². The van der Waals surface area contributed by atoms with E-state index in [9.17, 15) is 0 Å². The number of thiazole rings is 1. The first-order chi connectivity index (χ1) is 11.1. The van der Waals surface area contributed by atoms with Crippen LogP contribution in [0.2, 0.25) is 5.02 Å². The van der Waals surface area contributed by atoms with Gasteiger partial charge in [0.2, 0.25) is 0 Å². The van der Waals surface area contributed by atoms with Crippen LogP contribution in [-0.4, -0.2) is 4.98 Å². The standard InChI is InChI=1S/C18H17ClN2S2/c1-11-4-2-6-13(14(11)8-17-21-16(22)10-23-17)18-12(9-20)5-3-7-15(18)19/h2-7,10,22H,8-9,20H2,1H3. The second-order valence-electron chi connectivity index (χ2n) is 5.36. The summed E-state index contributed by atoms with van der Waals surface area (Å²) in [6, 6.07) is 12.2. The number of nitrogens with zero attached hydrogens (tertiary/aromatic N) is 1. The van der Waals surface area contributed by atoms with Crippen LogP contribution in [0.15, 0.2) is 46.8 Å². The lowest BCUT2D eigenvalue weighted by atomic mass is 9.91. The molecule has 0 aliphatic heterocycles. The molecule has 0 spiro atoms. The van der Waals surface area contributed by atoms with E-state index in [1.807, 2.05) is 23.6 Å². The van der Waals surface area contributed by atoms with Gasteiger partial charge in [-0.15, -0.1) is 24.0 Å². The molecular weight excluding hydrogens is 344 g/mol. The van der Waals surface area contributed by atoms with Gasteiger partial charge in [0.25, 0.3) is 0 Å². The Hall–Kier alpha value is -1.33. The molecule has 1 aromatic heterocycles. The molecule has 1 heterocycles. The van der Waals surface area contributed by atoms with E-state index < -0.39 is 0 Å². The van der Waals surface area contributed by atoms with Crippen LogP contribution in [0.25, 0.3) is 11.1 Å². The van der Waals surface area contributed by atoms with Crippen molar-refractivity contribution in [1.29, 1.82) is 0 Å². The van der Waals surface area contributed by atoms with Crippen molar-refractivity contribution in [2.75, 3.05) is 0 Å². The van der Waals surface area contributed by atoms with Gasteiger partial charge < -0.3 is 5.73 Å². The molecule has 0 radical (unpaired) electrons. The maximum atomic E-state index is 6.49. The monoisotopic (exact) mass is 360 g/mol. The van der Waals surface area contributed by atoms with Gasteiger partial charge in [-0.3, -0.25) is 0 Å². The first-order valence-electron chi connectivity index (χ1n) is 7.30. The number of aryl methyl sites for hydroxylation is 1. The molecule has 3 rings (SSSR count). The lowest BCUT2D eigenvalue weighted by Gasteiger charge is -2.16. The highest BCUT2D eigenvalue weighted by atomic mass is 35.5. The summed E-state index contributed by atoms with van der Waals surface area (Å²) in [4.78, 5) is 4.47. The van der Waals surface area contributed by atoms with Crippen molar-refractivity contribution in [3.8, 4) is 11.1 Å². The third-order valence-corrected chi connectivity index (χ3v) is 5.43. The normalized spacial score (nSPS) is 11.0. The minimum absolute atomic E-state index is 0.460. The van der Waals surface area contributed by atoms with Gasteiger partial charge in [-0.1, -0.05) is 41.9 Å². The number of aromatic nitrogens is 1. The van der Waals surface area contributed by atoms with Gasteiger partial charge in [0.05, 0.1) is 5.01 Å². The predicted molar refractivity (Wildman–Crippen MR) is 102 cm³/mol. The van der Waals surface area contributed by atoms with Gasteiger partial charge in [0, 0.05) is 28.9 Å². The van der Waals surface area contributed by atoms with E-state index in [0.717, 1.165) is 38.2 Å². The fourth-order valence-electron chi connectivity index (χ4n) is 2.75. The van der Waals surface area contributed by atoms with Crippen LogP contribution in [0.4, 0.5) is 0 Å². The molecule has 0 bridgehead atoms. The first kappa shape index (κ1) is 16.5. The fraction of sp³-hybridized carbons (Fsp3) is 0.167. The summed E-state index contributed by atoms with van der Waals surface area (Å²) in [7, 11) is 0. The number of nitrogens with two attached hydrogens (primary N) is 1. The molecular formula is C18H17ClN2S2. The zero-order valence-electron chi connectivity index (χ0n) is 12.7. The average molecular weight is 361 g/mol. The van der Waals surface area contributed by atoms with Gasteiger partial charge in [-0.25, -0.2) is 4.98 Å². The Labute approximate surface area is 150 Å². The number of halogens is 1. The summed E-state index contributed by atoms with van der Waals surface area (Å²) in [6.45, 7) is 2.58. The minimum Gasteiger partial charge on any atom is -0.326 e. The third kappa shape index (κ3) is 3.45. The number of thiol groups is 1. The summed E-state index contributed by atoms with van der Waals surface area (Å²) in [5.41, 5.74) is 11.6. The Morgan fingerprint density at radius 2 is 2.00 bits per heavy atom. The van der Waals surface area contributed by atoms with Crippen LogP contribution in [0.3, 0.4) is 0 Å². The largest absolute Gasteiger partial charge is 0.326 e. The van der Waals surface area contributed by atoms with Crippen LogP contribution in [0.5, 0.6) is 0 Å². The van der Waals surface area contributed by atoms with Crippen molar-refractivity contribution >= 4 is 35.6 Å². The molecule has 0 aliphatic rings. The van der Waals surface area contributed by atoms with Crippen LogP contribution >= 0.6 is 35.6 Å². The lowest BCUT2D eigenvalue weighted by molar-refractivity contribution is 1.05. The van der Waals surface area contributed by atoms with E-state index in [1.165, 1.54) is 11.1 Å². The second-order valence-corrected chi connectivity index (χ2v) is 7.16. The molecule has 23 heavy (non-hydrogen) atoms. The van der Waals surface area contributed by atoms with E-state index in [-0.39, 0.29) is 0 Å². The fourth-order valence-corrected chi connectivity index (χ4v) is 4.06. The Kier molecular flexibility index (Phi) is 5.07. The van der Waals surface area contributed by atoms with Gasteiger partial charge in [0.1, 0.15) is 5.03 Å². The van der Waals surface area contributed by atoms with E-state index in [0.29, 0.717) is 6.54 Å². The van der Waals surface area contributed by atoms with E-state index >= 15 is 0 Å². The summed E-state index contributed by atoms with van der Waals surface area (Å²) < 4.78 is 0. The molecule has 3 aromatic rings. The van der Waals surface area contributed by atoms with Crippen molar-refractivity contribution in [3.05, 3.63) is 68.5 Å². The van der Waals surface area contributed by atoms with Crippen molar-refractivity contribution in [1.82, 2.24) is 4.98 Å². The summed E-state index contributed by atoms with van der Waals surface area (Å²) in [5, 5.41) is 4.50. The predicted octanol–water partition coefficient (Wildman–Crippen LogP) is 5.11. The second kappa shape index (κ2) is 7.05. The molecule has 0 unspecified atom stereocenters. The Bertz CT molecular complexity index is 843. The molecule has 2 N–H and O–H groups in total. The molecule has 0 fully saturated rings. The van der Waals surface area contributed by atoms with Crippen molar-refractivity contribution in [3.63, 3.8) is 0 Å². The first-order valence-corrected chi connectivity index (χ1v) is 9.00. The Morgan fingerprint density at radius 3 is 2.70 bits per heavy atom. The topological polar surface area (TPSA) is 38.9 Å². The van der Waals surface area contributed by atoms with E-state index in [2.05, 4.69) is 42.7 Å². The highest BCUT2D eigenvalue weighted by molar-refractivity contribution is 7.80. The van der Waals surface area contributed by atoms with Gasteiger partial charge in [-0.2, -0.15) is 0 Å². The van der Waals surface area contributed by atoms with Gasteiger partial charge in [0.15, 0.2) is 0 Å². The highest BCUT2D eigenvalue weighted by Crippen LogP contribution is 2.36. The van der Waals surface area contributed by atoms with Crippen LogP contribution in [0.1, 0.15) is 21.7 Å². The summed E-state index contributed by atoms with van der Waals surface area (Å²) in [6.07, 6.45) is 0.766. The molecule has 5 heteroatoms. The SMILES string of the molecule is Cc1cccc(-c2c(Cl)cccc2CN)c1Cc1nc(S)cs1. The van der Waals surface area contributed by atoms with Crippen molar-refractivity contribution in [2.24, 2.45) is 5.73 Å². The zero-order chi connectivity index (χ0) is 16.4. The van der Waals surface area contributed by atoms with Gasteiger partial charge in [-0.05, 0) is 35.2 Å². The summed E-state index contributed by atoms with van der Waals surface area (Å²) in [5.74, 6) is 0. The Balaban J connectivity index is 2.16. The quantitative estimate of drug-likeness (QED) is 0.634. The number of hydrogen-bond donors (Lipinski definition) is 2. The Morgan fingerprint density at radius 1 is 1.22 bits per heavy atom. The van der Waals surface area contributed by atoms with Crippen molar-refractivity contribution in [2.45, 2.75) is 24.9 Å². The molecule has 0 amide bonds. The van der Waals surface area contributed by atoms with Crippen molar-refractivity contribution < 1.29 is 0 Å². The minimum atomic E-state index is 0.460. The number of hydrogen-bond acceptors (Lipinski definition) is 4. The maximum Gasteiger partial charge on any atom is 0.104 e. The molecule has 0 saturated carbocycles. The van der Waals surface area contributed by atoms with Crippen LogP contribution in [-0.2, 0) is 13.0 Å². The molecule has 118 valence electrons. The third-order valence-electron chi connectivity index (χ3n) is 3.87. The molecule has 0 saturated heterocycles. The molecule has 0 atom stereocenters. The molecule has 0 aliphatic carbocycles. The maximum absolute atomic E-state index is 6.49. The van der Waals surface area contributed by atoms with Gasteiger partial charge >= 0.3 is 0 Å².